The van der Waals surface area contributed by atoms with Gasteiger partial charge in [-0.3, -0.25) is 18.9 Å². The van der Waals surface area contributed by atoms with E-state index in [-0.39, 0.29) is 37.0 Å². The van der Waals surface area contributed by atoms with Crippen molar-refractivity contribution < 1.29 is 37.4 Å². The quantitative estimate of drug-likeness (QED) is 0.0731. The van der Waals surface area contributed by atoms with E-state index in [1.165, 1.54) is 20.2 Å². The Morgan fingerprint density at radius 3 is 2.37 bits per heavy atom. The number of hydrogen-bond acceptors (Lipinski definition) is 11. The molecule has 0 aromatic carbocycles. The molecule has 2 N–H and O–H groups in total. The molecule has 1 aliphatic rings. The zero-order chi connectivity index (χ0) is 31.2. The van der Waals surface area contributed by atoms with Crippen molar-refractivity contribution in [2.45, 2.75) is 96.1 Å². The lowest BCUT2D eigenvalue weighted by atomic mass is 10.0. The molecule has 234 valence electrons. The molecule has 0 aliphatic carbocycles. The van der Waals surface area contributed by atoms with Crippen molar-refractivity contribution in [2.24, 2.45) is 5.11 Å². The zero-order valence-corrected chi connectivity index (χ0v) is 27.1. The van der Waals surface area contributed by atoms with Crippen LogP contribution in [-0.4, -0.2) is 86.7 Å². The van der Waals surface area contributed by atoms with E-state index in [9.17, 15) is 24.8 Å². The SMILES string of the molecule is CCOP(=O)(OCC)[C@H](O[Si](C)(C)C(C)(C)C)C(N=[N+]=[N-])[C@H]1O[C@@H](n2cc(C)c(=O)[nH]c2=O)[C@H](OCCOC)[C@@H]1O. The first-order valence-corrected chi connectivity index (χ1v) is 18.0. The van der Waals surface area contributed by atoms with E-state index >= 15 is 0 Å². The van der Waals surface area contributed by atoms with E-state index in [0.29, 0.717) is 0 Å². The summed E-state index contributed by atoms with van der Waals surface area (Å²) in [4.78, 5) is 30.0. The van der Waals surface area contributed by atoms with Crippen molar-refractivity contribution in [3.8, 4) is 0 Å². The van der Waals surface area contributed by atoms with Crippen LogP contribution < -0.4 is 11.2 Å². The molecule has 0 bridgehead atoms. The maximum Gasteiger partial charge on any atom is 0.358 e. The summed E-state index contributed by atoms with van der Waals surface area (Å²) in [6.45, 7) is 14.8. The molecule has 1 aromatic heterocycles. The zero-order valence-electron chi connectivity index (χ0n) is 25.2. The third-order valence-corrected chi connectivity index (χ3v) is 14.2. The molecule has 41 heavy (non-hydrogen) atoms. The third-order valence-electron chi connectivity index (χ3n) is 7.23. The Kier molecular flexibility index (Phi) is 12.6. The first kappa shape index (κ1) is 35.4. The van der Waals surface area contributed by atoms with Gasteiger partial charge in [-0.1, -0.05) is 25.9 Å². The minimum Gasteiger partial charge on any atom is -0.402 e. The normalized spacial score (nSPS) is 23.3. The molecule has 0 amide bonds. The Hall–Kier alpha value is -1.84. The van der Waals surface area contributed by atoms with E-state index in [4.69, 9.17) is 27.7 Å². The first-order valence-electron chi connectivity index (χ1n) is 13.5. The smallest absolute Gasteiger partial charge is 0.358 e. The maximum atomic E-state index is 14.3. The van der Waals surface area contributed by atoms with Gasteiger partial charge in [-0.25, -0.2) is 4.79 Å². The lowest BCUT2D eigenvalue weighted by Gasteiger charge is -2.43. The fraction of sp³-hybridized carbons (Fsp3) is 0.833. The number of H-pyrrole nitrogens is 1. The van der Waals surface area contributed by atoms with Crippen LogP contribution in [0.15, 0.2) is 20.9 Å². The number of nitrogens with zero attached hydrogens (tertiary/aromatic N) is 4. The predicted octanol–water partition coefficient (Wildman–Crippen LogP) is 3.43. The van der Waals surface area contributed by atoms with Crippen LogP contribution in [-0.2, 0) is 32.2 Å². The highest BCUT2D eigenvalue weighted by atomic mass is 31.2. The molecule has 0 saturated carbocycles. The summed E-state index contributed by atoms with van der Waals surface area (Å²) in [5.41, 5.74) is 8.44. The Morgan fingerprint density at radius 2 is 1.85 bits per heavy atom. The standard InChI is InChI=1S/C24H44N5O10PSi/c1-10-36-40(33,37-11-2)22(39-41(8,9)24(4,5)6)16(27-28-25)18-17(30)19(35-13-12-34-7)21(38-18)29-14-15(3)20(31)26-23(29)32/h14,16-19,21-22,30H,10-13H2,1-9H3,(H,26,31,32)/t16?,17-,18-,19-,21-,22+/m1/s1. The van der Waals surface area contributed by atoms with Crippen LogP contribution >= 0.6 is 7.60 Å². The molecule has 17 heteroatoms. The number of azide groups is 1. The van der Waals surface area contributed by atoms with Crippen LogP contribution in [0.2, 0.25) is 18.1 Å². The van der Waals surface area contributed by atoms with Crippen molar-refractivity contribution in [3.63, 3.8) is 0 Å². The van der Waals surface area contributed by atoms with Gasteiger partial charge in [0.2, 0.25) is 0 Å². The second-order valence-corrected chi connectivity index (χ2v) is 18.0. The molecule has 1 aliphatic heterocycles. The summed E-state index contributed by atoms with van der Waals surface area (Å²) in [5.74, 6) is -1.47. The molecule has 2 rings (SSSR count). The number of methoxy groups -OCH3 is 1. The van der Waals surface area contributed by atoms with E-state index in [2.05, 4.69) is 15.0 Å². The fourth-order valence-electron chi connectivity index (χ4n) is 4.09. The first-order chi connectivity index (χ1) is 19.1. The predicted molar refractivity (Wildman–Crippen MR) is 153 cm³/mol. The van der Waals surface area contributed by atoms with Gasteiger partial charge in [0, 0.05) is 23.8 Å². The monoisotopic (exact) mass is 621 g/mol. The summed E-state index contributed by atoms with van der Waals surface area (Å²) in [7, 11) is -5.41. The molecule has 0 radical (unpaired) electrons. The second kappa shape index (κ2) is 14.6. The third kappa shape index (κ3) is 8.17. The van der Waals surface area contributed by atoms with E-state index in [1.807, 2.05) is 33.9 Å². The molecule has 1 saturated heterocycles. The van der Waals surface area contributed by atoms with Gasteiger partial charge in [0.05, 0.1) is 26.4 Å². The van der Waals surface area contributed by atoms with Crippen molar-refractivity contribution >= 4 is 15.9 Å². The van der Waals surface area contributed by atoms with Crippen molar-refractivity contribution in [1.29, 1.82) is 0 Å². The summed E-state index contributed by atoms with van der Waals surface area (Å²) in [6.07, 6.45) is -4.05. The van der Waals surface area contributed by atoms with Gasteiger partial charge in [-0.2, -0.15) is 0 Å². The molecule has 1 aromatic rings. The maximum absolute atomic E-state index is 14.3. The lowest BCUT2D eigenvalue weighted by Crippen LogP contribution is -2.51. The van der Waals surface area contributed by atoms with Crippen LogP contribution in [0.1, 0.15) is 46.4 Å². The molecule has 0 spiro atoms. The molecule has 1 unspecified atom stereocenters. The fourth-order valence-corrected chi connectivity index (χ4v) is 8.19. The number of aliphatic hydroxyl groups excluding tert-OH is 1. The topological polar surface area (TPSA) is 196 Å². The van der Waals surface area contributed by atoms with Gasteiger partial charge in [0.15, 0.2) is 20.4 Å². The number of nitrogens with one attached hydrogen (secondary N) is 1. The summed E-state index contributed by atoms with van der Waals surface area (Å²) in [5, 5.41) is 15.1. The number of ether oxygens (including phenoxy) is 3. The number of aliphatic hydroxyl groups is 1. The largest absolute Gasteiger partial charge is 0.402 e. The van der Waals surface area contributed by atoms with Crippen molar-refractivity contribution in [2.75, 3.05) is 33.5 Å². The Labute approximate surface area is 240 Å². The minimum atomic E-state index is -4.14. The minimum absolute atomic E-state index is 0.00311. The van der Waals surface area contributed by atoms with Crippen molar-refractivity contribution in [1.82, 2.24) is 9.55 Å². The Balaban J connectivity index is 2.72. The van der Waals surface area contributed by atoms with Crippen LogP contribution in [0.4, 0.5) is 0 Å². The van der Waals surface area contributed by atoms with Crippen molar-refractivity contribution in [3.05, 3.63) is 43.0 Å². The van der Waals surface area contributed by atoms with Gasteiger partial charge in [-0.05, 0) is 44.4 Å². The second-order valence-electron chi connectivity index (χ2n) is 11.1. The van der Waals surface area contributed by atoms with Gasteiger partial charge in [0.1, 0.15) is 24.4 Å². The van der Waals surface area contributed by atoms with E-state index in [1.54, 1.807) is 13.8 Å². The summed E-state index contributed by atoms with van der Waals surface area (Å²) in [6, 6.07) is -1.44. The number of hydrogen-bond donors (Lipinski definition) is 2. The summed E-state index contributed by atoms with van der Waals surface area (Å²) >= 11 is 0. The van der Waals surface area contributed by atoms with Crippen LogP contribution in [0, 0.1) is 6.92 Å². The molecule has 6 atom stereocenters. The number of rotatable bonds is 15. The number of aromatic amines is 1. The molecule has 1 fully saturated rings. The molecular weight excluding hydrogens is 577 g/mol. The average molecular weight is 622 g/mol. The van der Waals surface area contributed by atoms with Gasteiger partial charge in [0.25, 0.3) is 5.56 Å². The molecule has 2 heterocycles. The van der Waals surface area contributed by atoms with E-state index < -0.39 is 63.6 Å². The van der Waals surface area contributed by atoms with Gasteiger partial charge >= 0.3 is 13.3 Å². The Bertz CT molecular complexity index is 1220. The highest BCUT2D eigenvalue weighted by Gasteiger charge is 2.57. The highest BCUT2D eigenvalue weighted by Crippen LogP contribution is 2.58. The van der Waals surface area contributed by atoms with Gasteiger partial charge in [-0.15, -0.1) is 0 Å². The lowest BCUT2D eigenvalue weighted by molar-refractivity contribution is -0.0821. The summed E-state index contributed by atoms with van der Waals surface area (Å²) < 4.78 is 50.3. The van der Waals surface area contributed by atoms with Crippen LogP contribution in [0.5, 0.6) is 0 Å². The van der Waals surface area contributed by atoms with E-state index in [0.717, 1.165) is 4.57 Å². The van der Waals surface area contributed by atoms with Crippen LogP contribution in [0.3, 0.4) is 0 Å². The molecular formula is C24H44N5O10PSi. The Morgan fingerprint density at radius 1 is 1.24 bits per heavy atom. The average Bonchev–Trinajstić information content (AvgIpc) is 3.19. The molecule has 15 nitrogen and oxygen atoms in total. The highest BCUT2D eigenvalue weighted by molar-refractivity contribution is 7.54. The number of aromatic nitrogens is 2. The van der Waals surface area contributed by atoms with Crippen LogP contribution in [0.25, 0.3) is 10.4 Å². The van der Waals surface area contributed by atoms with Gasteiger partial charge < -0.3 is 32.8 Å². The number of aryl methyl sites for hydroxylation is 1.